The number of ether oxygens (including phenoxy) is 1. The van der Waals surface area contributed by atoms with Crippen molar-refractivity contribution in [1.29, 1.82) is 0 Å². The summed E-state index contributed by atoms with van der Waals surface area (Å²) in [6.07, 6.45) is 2.81. The van der Waals surface area contributed by atoms with Gasteiger partial charge in [-0.15, -0.1) is 0 Å². The summed E-state index contributed by atoms with van der Waals surface area (Å²) in [5.41, 5.74) is 9.74. The van der Waals surface area contributed by atoms with Crippen LogP contribution >= 0.6 is 0 Å². The monoisotopic (exact) mass is 246 g/mol. The second-order valence-corrected chi connectivity index (χ2v) is 5.52. The van der Waals surface area contributed by atoms with Crippen molar-refractivity contribution >= 4 is 5.69 Å². The van der Waals surface area contributed by atoms with Gasteiger partial charge in [-0.05, 0) is 36.0 Å². The highest BCUT2D eigenvalue weighted by Crippen LogP contribution is 2.31. The quantitative estimate of drug-likeness (QED) is 0.832. The van der Waals surface area contributed by atoms with Crippen LogP contribution in [0.3, 0.4) is 0 Å². The predicted molar refractivity (Wildman–Crippen MR) is 73.1 cm³/mol. The van der Waals surface area contributed by atoms with Gasteiger partial charge in [-0.2, -0.15) is 0 Å². The lowest BCUT2D eigenvalue weighted by molar-refractivity contribution is 0.0750. The zero-order valence-electron chi connectivity index (χ0n) is 11.1. The molecule has 2 atom stereocenters. The van der Waals surface area contributed by atoms with Crippen LogP contribution in [0.2, 0.25) is 0 Å². The molecular weight excluding hydrogens is 224 g/mol. The molecule has 0 bridgehead atoms. The molecule has 2 unspecified atom stereocenters. The number of rotatable bonds is 3. The van der Waals surface area contributed by atoms with Crippen molar-refractivity contribution in [3.63, 3.8) is 0 Å². The number of benzene rings is 1. The summed E-state index contributed by atoms with van der Waals surface area (Å²) in [6.45, 7) is 6.36. The van der Waals surface area contributed by atoms with Gasteiger partial charge in [0, 0.05) is 31.9 Å². The maximum Gasteiger partial charge on any atom is 0.0613 e. The topological polar surface area (TPSA) is 38.5 Å². The van der Waals surface area contributed by atoms with Crippen molar-refractivity contribution in [3.05, 3.63) is 29.3 Å². The largest absolute Gasteiger partial charge is 0.398 e. The van der Waals surface area contributed by atoms with Gasteiger partial charge >= 0.3 is 0 Å². The number of hydrogen-bond donors (Lipinski definition) is 1. The zero-order valence-corrected chi connectivity index (χ0v) is 11.1. The Kier molecular flexibility index (Phi) is 3.27. The van der Waals surface area contributed by atoms with Gasteiger partial charge in [-0.25, -0.2) is 0 Å². The Labute approximate surface area is 109 Å². The Morgan fingerprint density at radius 2 is 2.28 bits per heavy atom. The molecule has 0 saturated carbocycles. The van der Waals surface area contributed by atoms with E-state index in [1.54, 1.807) is 0 Å². The average molecular weight is 246 g/mol. The fraction of sp³-hybridized carbons (Fsp3) is 0.600. The molecule has 2 aliphatic heterocycles. The molecule has 1 saturated heterocycles. The lowest BCUT2D eigenvalue weighted by atomic mass is 9.99. The summed E-state index contributed by atoms with van der Waals surface area (Å²) in [5, 5.41) is 0. The second kappa shape index (κ2) is 4.90. The van der Waals surface area contributed by atoms with Gasteiger partial charge in [-0.1, -0.05) is 19.1 Å². The zero-order chi connectivity index (χ0) is 12.5. The molecule has 0 radical (unpaired) electrons. The molecule has 0 aliphatic carbocycles. The normalized spacial score (nSPS) is 27.6. The van der Waals surface area contributed by atoms with Crippen molar-refractivity contribution in [2.75, 3.05) is 18.9 Å². The van der Waals surface area contributed by atoms with Crippen LogP contribution in [0.1, 0.15) is 30.9 Å². The smallest absolute Gasteiger partial charge is 0.0613 e. The summed E-state index contributed by atoms with van der Waals surface area (Å²) in [5.74, 6) is 0.700. The Hall–Kier alpha value is -1.06. The molecule has 2 heterocycles. The Morgan fingerprint density at radius 3 is 3.06 bits per heavy atom. The van der Waals surface area contributed by atoms with Crippen LogP contribution in [-0.4, -0.2) is 24.2 Å². The van der Waals surface area contributed by atoms with Crippen molar-refractivity contribution in [2.24, 2.45) is 5.92 Å². The van der Waals surface area contributed by atoms with Gasteiger partial charge in [0.2, 0.25) is 0 Å². The third-order valence-electron chi connectivity index (χ3n) is 4.33. The fourth-order valence-corrected chi connectivity index (χ4v) is 3.33. The molecular formula is C15H22N2O. The first kappa shape index (κ1) is 12.0. The van der Waals surface area contributed by atoms with Crippen LogP contribution in [0, 0.1) is 5.92 Å². The molecule has 0 amide bonds. The van der Waals surface area contributed by atoms with Crippen LogP contribution in [-0.2, 0) is 17.8 Å². The summed E-state index contributed by atoms with van der Waals surface area (Å²) in [4.78, 5) is 2.52. The highest BCUT2D eigenvalue weighted by Gasteiger charge is 2.30. The maximum atomic E-state index is 6.04. The molecule has 0 spiro atoms. The number of nitrogens with two attached hydrogens (primary N) is 1. The van der Waals surface area contributed by atoms with Crippen LogP contribution in [0.25, 0.3) is 0 Å². The van der Waals surface area contributed by atoms with Gasteiger partial charge in [0.05, 0.1) is 6.10 Å². The highest BCUT2D eigenvalue weighted by molar-refractivity contribution is 5.52. The van der Waals surface area contributed by atoms with Gasteiger partial charge < -0.3 is 10.5 Å². The van der Waals surface area contributed by atoms with E-state index in [1.165, 1.54) is 17.5 Å². The standard InChI is InChI=1S/C15H22N2O/c1-2-15-12(6-7-18-15)9-17-8-11-4-3-5-14(16)13(11)10-17/h3-5,12,15H,2,6-10,16H2,1H3. The molecule has 1 aromatic rings. The van der Waals surface area contributed by atoms with Crippen molar-refractivity contribution < 1.29 is 4.74 Å². The lowest BCUT2D eigenvalue weighted by Gasteiger charge is -2.23. The molecule has 3 heteroatoms. The number of anilines is 1. The van der Waals surface area contributed by atoms with E-state index >= 15 is 0 Å². The molecule has 2 N–H and O–H groups in total. The van der Waals surface area contributed by atoms with E-state index in [0.29, 0.717) is 12.0 Å². The van der Waals surface area contributed by atoms with E-state index in [4.69, 9.17) is 10.5 Å². The molecule has 1 fully saturated rings. The second-order valence-electron chi connectivity index (χ2n) is 5.52. The van der Waals surface area contributed by atoms with E-state index in [-0.39, 0.29) is 0 Å². The fourth-order valence-electron chi connectivity index (χ4n) is 3.33. The molecule has 18 heavy (non-hydrogen) atoms. The SMILES string of the molecule is CCC1OCCC1CN1Cc2cccc(N)c2C1. The highest BCUT2D eigenvalue weighted by atomic mass is 16.5. The third kappa shape index (κ3) is 2.13. The first-order chi connectivity index (χ1) is 8.78. The first-order valence-electron chi connectivity index (χ1n) is 6.98. The molecule has 98 valence electrons. The summed E-state index contributed by atoms with van der Waals surface area (Å²) < 4.78 is 5.77. The summed E-state index contributed by atoms with van der Waals surface area (Å²) >= 11 is 0. The van der Waals surface area contributed by atoms with E-state index < -0.39 is 0 Å². The van der Waals surface area contributed by atoms with Gasteiger partial charge in [0.15, 0.2) is 0 Å². The minimum Gasteiger partial charge on any atom is -0.398 e. The van der Waals surface area contributed by atoms with Crippen LogP contribution in [0.5, 0.6) is 0 Å². The number of hydrogen-bond acceptors (Lipinski definition) is 3. The van der Waals surface area contributed by atoms with Crippen molar-refractivity contribution in [3.8, 4) is 0 Å². The summed E-state index contributed by atoms with van der Waals surface area (Å²) in [7, 11) is 0. The van der Waals surface area contributed by atoms with Gasteiger partial charge in [-0.3, -0.25) is 4.90 Å². The number of nitrogen functional groups attached to an aromatic ring is 1. The predicted octanol–water partition coefficient (Wildman–Crippen LogP) is 2.40. The summed E-state index contributed by atoms with van der Waals surface area (Å²) in [6, 6.07) is 6.27. The number of nitrogens with zero attached hydrogens (tertiary/aromatic N) is 1. The Bertz CT molecular complexity index is 433. The van der Waals surface area contributed by atoms with Crippen LogP contribution in [0.4, 0.5) is 5.69 Å². The minimum absolute atomic E-state index is 0.464. The van der Waals surface area contributed by atoms with Crippen LogP contribution < -0.4 is 5.73 Å². The first-order valence-corrected chi connectivity index (χ1v) is 6.98. The molecule has 2 aliphatic rings. The molecule has 3 nitrogen and oxygen atoms in total. The van der Waals surface area contributed by atoms with Gasteiger partial charge in [0.25, 0.3) is 0 Å². The van der Waals surface area contributed by atoms with Crippen LogP contribution in [0.15, 0.2) is 18.2 Å². The van der Waals surface area contributed by atoms with E-state index in [9.17, 15) is 0 Å². The average Bonchev–Trinajstić information content (AvgIpc) is 2.96. The lowest BCUT2D eigenvalue weighted by Crippen LogP contribution is -2.29. The van der Waals surface area contributed by atoms with Gasteiger partial charge in [0.1, 0.15) is 0 Å². The van der Waals surface area contributed by atoms with E-state index in [0.717, 1.165) is 38.3 Å². The molecule has 3 rings (SSSR count). The van der Waals surface area contributed by atoms with Crippen molar-refractivity contribution in [2.45, 2.75) is 39.0 Å². The Morgan fingerprint density at radius 1 is 1.39 bits per heavy atom. The molecule has 0 aromatic heterocycles. The van der Waals surface area contributed by atoms with Crippen molar-refractivity contribution in [1.82, 2.24) is 4.90 Å². The third-order valence-corrected chi connectivity index (χ3v) is 4.33. The minimum atomic E-state index is 0.464. The Balaban J connectivity index is 1.66. The van der Waals surface area contributed by atoms with E-state index in [1.807, 2.05) is 6.07 Å². The van der Waals surface area contributed by atoms with E-state index in [2.05, 4.69) is 24.0 Å². The number of fused-ring (bicyclic) bond motifs is 1. The maximum absolute atomic E-state index is 6.04. The molecule has 1 aromatic carbocycles.